The molecule has 150 valence electrons. The van der Waals surface area contributed by atoms with Crippen molar-refractivity contribution >= 4 is 23.5 Å². The van der Waals surface area contributed by atoms with Gasteiger partial charge < -0.3 is 0 Å². The standard InChI is InChI=1S/C22H21ClFN3O2/c1-4-15-5-8-17(9-6-15)27-22(29)26(13-18(28)11-14(2)3)21(25-27)16-7-10-20(24)19(23)12-16/h4-10,12,14H,1,11,13H2,2-3H3. The number of halogens is 2. The molecule has 0 aliphatic rings. The van der Waals surface area contributed by atoms with Gasteiger partial charge in [0.1, 0.15) is 5.82 Å². The van der Waals surface area contributed by atoms with Crippen molar-refractivity contribution in [2.45, 2.75) is 26.8 Å². The van der Waals surface area contributed by atoms with Crippen LogP contribution in [0.5, 0.6) is 0 Å². The second kappa shape index (κ2) is 8.57. The molecule has 1 heterocycles. The Balaban J connectivity index is 2.13. The van der Waals surface area contributed by atoms with Crippen molar-refractivity contribution < 1.29 is 9.18 Å². The van der Waals surface area contributed by atoms with Crippen LogP contribution in [-0.4, -0.2) is 20.1 Å². The van der Waals surface area contributed by atoms with Crippen molar-refractivity contribution in [2.24, 2.45) is 5.92 Å². The zero-order chi connectivity index (χ0) is 21.1. The van der Waals surface area contributed by atoms with Crippen LogP contribution in [0.3, 0.4) is 0 Å². The van der Waals surface area contributed by atoms with Crippen LogP contribution in [-0.2, 0) is 11.3 Å². The summed E-state index contributed by atoms with van der Waals surface area (Å²) in [6, 6.07) is 11.2. The van der Waals surface area contributed by atoms with Crippen molar-refractivity contribution in [1.29, 1.82) is 0 Å². The average Bonchev–Trinajstić information content (AvgIpc) is 3.00. The molecule has 5 nitrogen and oxygen atoms in total. The monoisotopic (exact) mass is 413 g/mol. The molecule has 1 aromatic heterocycles. The number of nitrogens with zero attached hydrogens (tertiary/aromatic N) is 3. The summed E-state index contributed by atoms with van der Waals surface area (Å²) in [5.41, 5.74) is 1.44. The van der Waals surface area contributed by atoms with Crippen molar-refractivity contribution in [3.63, 3.8) is 0 Å². The van der Waals surface area contributed by atoms with E-state index < -0.39 is 11.5 Å². The van der Waals surface area contributed by atoms with E-state index in [2.05, 4.69) is 11.7 Å². The van der Waals surface area contributed by atoms with E-state index in [9.17, 15) is 14.0 Å². The summed E-state index contributed by atoms with van der Waals surface area (Å²) in [7, 11) is 0. The smallest absolute Gasteiger partial charge is 0.298 e. The number of carbonyl (C=O) groups excluding carboxylic acids is 1. The highest BCUT2D eigenvalue weighted by Gasteiger charge is 2.20. The highest BCUT2D eigenvalue weighted by Crippen LogP contribution is 2.24. The van der Waals surface area contributed by atoms with Crippen molar-refractivity contribution in [3.05, 3.63) is 75.9 Å². The number of ketones is 1. The van der Waals surface area contributed by atoms with Crippen LogP contribution in [0.1, 0.15) is 25.8 Å². The van der Waals surface area contributed by atoms with Crippen LogP contribution in [0.2, 0.25) is 5.02 Å². The summed E-state index contributed by atoms with van der Waals surface area (Å²) >= 11 is 5.91. The predicted molar refractivity (Wildman–Crippen MR) is 113 cm³/mol. The fraction of sp³-hybridized carbons (Fsp3) is 0.227. The lowest BCUT2D eigenvalue weighted by Crippen LogP contribution is -2.27. The lowest BCUT2D eigenvalue weighted by Gasteiger charge is -2.07. The number of benzene rings is 2. The third kappa shape index (κ3) is 4.54. The van der Waals surface area contributed by atoms with Crippen LogP contribution in [0.15, 0.2) is 53.8 Å². The van der Waals surface area contributed by atoms with Gasteiger partial charge in [-0.2, -0.15) is 4.68 Å². The first-order valence-corrected chi connectivity index (χ1v) is 9.57. The molecule has 0 amide bonds. The van der Waals surface area contributed by atoms with Gasteiger partial charge in [-0.25, -0.2) is 9.18 Å². The number of hydrogen-bond donors (Lipinski definition) is 0. The maximum Gasteiger partial charge on any atom is 0.351 e. The second-order valence-corrected chi connectivity index (χ2v) is 7.57. The van der Waals surface area contributed by atoms with E-state index in [0.29, 0.717) is 17.7 Å². The third-order valence-corrected chi connectivity index (χ3v) is 4.67. The van der Waals surface area contributed by atoms with Crippen LogP contribution in [0.25, 0.3) is 23.2 Å². The zero-order valence-corrected chi connectivity index (χ0v) is 17.0. The molecule has 0 saturated heterocycles. The molecule has 0 aliphatic heterocycles. The fourth-order valence-corrected chi connectivity index (χ4v) is 3.18. The molecule has 2 aromatic carbocycles. The molecule has 0 spiro atoms. The minimum absolute atomic E-state index is 0.0834. The number of hydrogen-bond acceptors (Lipinski definition) is 3. The summed E-state index contributed by atoms with van der Waals surface area (Å²) < 4.78 is 16.1. The van der Waals surface area contributed by atoms with E-state index in [-0.39, 0.29) is 29.1 Å². The molecule has 0 N–H and O–H groups in total. The highest BCUT2D eigenvalue weighted by molar-refractivity contribution is 6.31. The first-order chi connectivity index (χ1) is 13.8. The van der Waals surface area contributed by atoms with Gasteiger partial charge in [0, 0.05) is 12.0 Å². The van der Waals surface area contributed by atoms with Gasteiger partial charge in [-0.05, 0) is 41.8 Å². The maximum atomic E-state index is 13.6. The quantitative estimate of drug-likeness (QED) is 0.561. The molecule has 0 radical (unpaired) electrons. The number of rotatable bonds is 7. The molecular formula is C22H21ClFN3O2. The Kier molecular flexibility index (Phi) is 6.13. The van der Waals surface area contributed by atoms with E-state index in [1.165, 1.54) is 27.4 Å². The van der Waals surface area contributed by atoms with Gasteiger partial charge in [0.25, 0.3) is 0 Å². The molecule has 0 unspecified atom stereocenters. The number of Topliss-reactive ketones (excluding diaryl/α,β-unsaturated/α-hetero) is 1. The molecular weight excluding hydrogens is 393 g/mol. The Labute approximate surface area is 173 Å². The largest absolute Gasteiger partial charge is 0.351 e. The molecule has 0 bridgehead atoms. The molecule has 0 atom stereocenters. The molecule has 3 aromatic rings. The van der Waals surface area contributed by atoms with E-state index >= 15 is 0 Å². The normalized spacial score (nSPS) is 11.1. The molecule has 3 rings (SSSR count). The Bertz CT molecular complexity index is 1110. The minimum atomic E-state index is -0.570. The maximum absolute atomic E-state index is 13.6. The predicted octanol–water partition coefficient (Wildman–Crippen LogP) is 4.75. The van der Waals surface area contributed by atoms with Crippen LogP contribution in [0.4, 0.5) is 4.39 Å². The average molecular weight is 414 g/mol. The van der Waals surface area contributed by atoms with Gasteiger partial charge in [-0.1, -0.05) is 50.2 Å². The molecule has 0 fully saturated rings. The van der Waals surface area contributed by atoms with Gasteiger partial charge in [0.2, 0.25) is 0 Å². The lowest BCUT2D eigenvalue weighted by molar-refractivity contribution is -0.120. The van der Waals surface area contributed by atoms with Crippen LogP contribution < -0.4 is 5.69 Å². The van der Waals surface area contributed by atoms with Crippen molar-refractivity contribution in [3.8, 4) is 17.1 Å². The molecule has 29 heavy (non-hydrogen) atoms. The summed E-state index contributed by atoms with van der Waals surface area (Å²) in [4.78, 5) is 25.5. The summed E-state index contributed by atoms with van der Waals surface area (Å²) in [6.07, 6.45) is 2.04. The lowest BCUT2D eigenvalue weighted by atomic mass is 10.1. The number of carbonyl (C=O) groups is 1. The van der Waals surface area contributed by atoms with Gasteiger partial charge in [-0.15, -0.1) is 5.10 Å². The van der Waals surface area contributed by atoms with E-state index in [0.717, 1.165) is 5.56 Å². The fourth-order valence-electron chi connectivity index (χ4n) is 3.00. The zero-order valence-electron chi connectivity index (χ0n) is 16.2. The third-order valence-electron chi connectivity index (χ3n) is 4.38. The van der Waals surface area contributed by atoms with Crippen LogP contribution in [0, 0.1) is 11.7 Å². The first kappa shape index (κ1) is 20.7. The van der Waals surface area contributed by atoms with E-state index in [4.69, 9.17) is 11.6 Å². The highest BCUT2D eigenvalue weighted by atomic mass is 35.5. The minimum Gasteiger partial charge on any atom is -0.298 e. The Hall–Kier alpha value is -2.99. The number of aromatic nitrogens is 3. The molecule has 7 heteroatoms. The molecule has 0 aliphatic carbocycles. The summed E-state index contributed by atoms with van der Waals surface area (Å²) in [5, 5.41) is 4.33. The van der Waals surface area contributed by atoms with Gasteiger partial charge in [0.15, 0.2) is 11.6 Å². The Morgan fingerprint density at radius 3 is 2.52 bits per heavy atom. The van der Waals surface area contributed by atoms with Gasteiger partial charge in [0.05, 0.1) is 17.3 Å². The van der Waals surface area contributed by atoms with Gasteiger partial charge in [-0.3, -0.25) is 9.36 Å². The SMILES string of the molecule is C=Cc1ccc(-n2nc(-c3ccc(F)c(Cl)c3)n(CC(=O)CC(C)C)c2=O)cc1. The van der Waals surface area contributed by atoms with E-state index in [1.54, 1.807) is 18.2 Å². The summed E-state index contributed by atoms with van der Waals surface area (Å²) in [5.74, 6) is -0.233. The Morgan fingerprint density at radius 2 is 1.93 bits per heavy atom. The van der Waals surface area contributed by atoms with Gasteiger partial charge >= 0.3 is 5.69 Å². The summed E-state index contributed by atoms with van der Waals surface area (Å²) in [6.45, 7) is 7.47. The van der Waals surface area contributed by atoms with E-state index in [1.807, 2.05) is 26.0 Å². The van der Waals surface area contributed by atoms with Crippen molar-refractivity contribution in [1.82, 2.24) is 14.3 Å². The topological polar surface area (TPSA) is 56.9 Å². The Morgan fingerprint density at radius 1 is 1.24 bits per heavy atom. The first-order valence-electron chi connectivity index (χ1n) is 9.20. The second-order valence-electron chi connectivity index (χ2n) is 7.17. The van der Waals surface area contributed by atoms with Crippen LogP contribution >= 0.6 is 11.6 Å². The van der Waals surface area contributed by atoms with Crippen molar-refractivity contribution in [2.75, 3.05) is 0 Å². The molecule has 0 saturated carbocycles.